The zero-order valence-corrected chi connectivity index (χ0v) is 16.5. The minimum atomic E-state index is -0.394. The van der Waals surface area contributed by atoms with Crippen molar-refractivity contribution in [3.8, 4) is 23.8 Å². The molecule has 0 aliphatic carbocycles. The van der Waals surface area contributed by atoms with E-state index in [9.17, 15) is 14.0 Å². The van der Waals surface area contributed by atoms with Crippen LogP contribution in [0.4, 0.5) is 9.18 Å². The summed E-state index contributed by atoms with van der Waals surface area (Å²) in [6.45, 7) is 2.48. The number of nitrogens with zero attached hydrogens (tertiary/aromatic N) is 1. The zero-order chi connectivity index (χ0) is 20.8. The quantitative estimate of drug-likeness (QED) is 0.497. The fourth-order valence-corrected chi connectivity index (χ4v) is 3.52. The summed E-state index contributed by atoms with van der Waals surface area (Å²) in [5.41, 5.74) is 1.36. The van der Waals surface area contributed by atoms with Crippen LogP contribution in [0.5, 0.6) is 11.5 Å². The number of amides is 2. The monoisotopic (exact) mass is 411 g/mol. The van der Waals surface area contributed by atoms with E-state index < -0.39 is 5.91 Å². The second kappa shape index (κ2) is 9.30. The Labute approximate surface area is 172 Å². The van der Waals surface area contributed by atoms with Crippen molar-refractivity contribution in [3.63, 3.8) is 0 Å². The van der Waals surface area contributed by atoms with Gasteiger partial charge in [0, 0.05) is 0 Å². The number of benzene rings is 2. The fourth-order valence-electron chi connectivity index (χ4n) is 2.68. The molecule has 2 aromatic rings. The number of thioether (sulfide) groups is 1. The Kier molecular flexibility index (Phi) is 6.57. The molecule has 0 spiro atoms. The zero-order valence-electron chi connectivity index (χ0n) is 15.7. The molecular formula is C22H18FNO4S. The van der Waals surface area contributed by atoms with E-state index in [2.05, 4.69) is 5.92 Å². The second-order valence-electron chi connectivity index (χ2n) is 6.03. The van der Waals surface area contributed by atoms with Crippen molar-refractivity contribution >= 4 is 29.0 Å². The first-order valence-electron chi connectivity index (χ1n) is 8.84. The summed E-state index contributed by atoms with van der Waals surface area (Å²) in [6, 6.07) is 10.9. The smallest absolute Gasteiger partial charge is 0.293 e. The highest BCUT2D eigenvalue weighted by atomic mass is 32.2. The van der Waals surface area contributed by atoms with E-state index in [1.807, 2.05) is 6.92 Å². The molecule has 7 heteroatoms. The molecule has 1 heterocycles. The predicted molar refractivity (Wildman–Crippen MR) is 110 cm³/mol. The van der Waals surface area contributed by atoms with Crippen molar-refractivity contribution in [3.05, 3.63) is 64.3 Å². The molecule has 0 N–H and O–H groups in total. The molecule has 2 aromatic carbocycles. The maximum Gasteiger partial charge on any atom is 0.293 e. The van der Waals surface area contributed by atoms with Crippen LogP contribution in [0.15, 0.2) is 47.4 Å². The third kappa shape index (κ3) is 4.98. The molecule has 1 fully saturated rings. The third-order valence-electron chi connectivity index (χ3n) is 4.00. The van der Waals surface area contributed by atoms with Crippen molar-refractivity contribution in [2.75, 3.05) is 13.2 Å². The highest BCUT2D eigenvalue weighted by Crippen LogP contribution is 2.35. The summed E-state index contributed by atoms with van der Waals surface area (Å²) in [4.78, 5) is 26.4. The van der Waals surface area contributed by atoms with Gasteiger partial charge in [-0.05, 0) is 60.2 Å². The number of carbonyl (C=O) groups excluding carboxylic acids is 2. The normalized spacial score (nSPS) is 14.9. The van der Waals surface area contributed by atoms with Crippen LogP contribution >= 0.6 is 11.8 Å². The van der Waals surface area contributed by atoms with Gasteiger partial charge < -0.3 is 9.47 Å². The van der Waals surface area contributed by atoms with Crippen LogP contribution in [0.25, 0.3) is 6.08 Å². The molecule has 3 rings (SSSR count). The number of carbonyl (C=O) groups is 2. The molecule has 1 aliphatic heterocycles. The molecule has 2 amide bonds. The number of hydrogen-bond acceptors (Lipinski definition) is 5. The molecule has 0 unspecified atom stereocenters. The molecule has 0 atom stereocenters. The van der Waals surface area contributed by atoms with Crippen LogP contribution in [0, 0.1) is 18.2 Å². The lowest BCUT2D eigenvalue weighted by Gasteiger charge is -2.12. The van der Waals surface area contributed by atoms with Crippen molar-refractivity contribution in [2.45, 2.75) is 13.5 Å². The molecule has 29 heavy (non-hydrogen) atoms. The molecule has 0 radical (unpaired) electrons. The van der Waals surface area contributed by atoms with E-state index in [-0.39, 0.29) is 24.2 Å². The topological polar surface area (TPSA) is 55.8 Å². The predicted octanol–water partition coefficient (Wildman–Crippen LogP) is 4.47. The molecule has 1 aliphatic rings. The van der Waals surface area contributed by atoms with Crippen LogP contribution in [0.1, 0.15) is 18.1 Å². The van der Waals surface area contributed by atoms with Gasteiger partial charge in [0.15, 0.2) is 11.5 Å². The average molecular weight is 411 g/mol. The van der Waals surface area contributed by atoms with Crippen LogP contribution in [0.2, 0.25) is 0 Å². The summed E-state index contributed by atoms with van der Waals surface area (Å²) >= 11 is 0.862. The van der Waals surface area contributed by atoms with Crippen LogP contribution < -0.4 is 9.47 Å². The summed E-state index contributed by atoms with van der Waals surface area (Å²) in [5.74, 6) is 2.64. The number of halogens is 1. The van der Waals surface area contributed by atoms with Gasteiger partial charge in [-0.15, -0.1) is 6.42 Å². The van der Waals surface area contributed by atoms with Gasteiger partial charge in [-0.25, -0.2) is 4.39 Å². The summed E-state index contributed by atoms with van der Waals surface area (Å²) in [6.07, 6.45) is 6.85. The van der Waals surface area contributed by atoms with E-state index in [0.29, 0.717) is 34.1 Å². The van der Waals surface area contributed by atoms with E-state index in [1.165, 1.54) is 12.1 Å². The van der Waals surface area contributed by atoms with Gasteiger partial charge in [0.2, 0.25) is 0 Å². The molecule has 0 bridgehead atoms. The largest absolute Gasteiger partial charge is 0.490 e. The fraction of sp³-hybridized carbons (Fsp3) is 0.182. The van der Waals surface area contributed by atoms with Crippen LogP contribution in [-0.4, -0.2) is 29.3 Å². The first-order chi connectivity index (χ1) is 14.0. The minimum Gasteiger partial charge on any atom is -0.490 e. The minimum absolute atomic E-state index is 0.0886. The van der Waals surface area contributed by atoms with Crippen molar-refractivity contribution in [1.82, 2.24) is 4.90 Å². The second-order valence-corrected chi connectivity index (χ2v) is 7.02. The number of ether oxygens (including phenoxy) is 2. The lowest BCUT2D eigenvalue weighted by atomic mass is 10.1. The molecule has 0 aromatic heterocycles. The van der Waals surface area contributed by atoms with E-state index >= 15 is 0 Å². The lowest BCUT2D eigenvalue weighted by molar-refractivity contribution is -0.123. The Morgan fingerprint density at radius 2 is 1.90 bits per heavy atom. The SMILES string of the molecule is C#CCOc1ccc(/C=C2/SC(=O)N(Cc3ccc(F)cc3)C2=O)cc1OCC. The summed E-state index contributed by atoms with van der Waals surface area (Å²) < 4.78 is 24.1. The first-order valence-corrected chi connectivity index (χ1v) is 9.66. The highest BCUT2D eigenvalue weighted by molar-refractivity contribution is 8.18. The number of imide groups is 1. The van der Waals surface area contributed by atoms with Crippen molar-refractivity contribution in [1.29, 1.82) is 0 Å². The Morgan fingerprint density at radius 1 is 1.14 bits per heavy atom. The first kappa shape index (κ1) is 20.5. The van der Waals surface area contributed by atoms with E-state index in [0.717, 1.165) is 16.7 Å². The summed E-state index contributed by atoms with van der Waals surface area (Å²) in [5, 5.41) is -0.371. The van der Waals surface area contributed by atoms with Crippen LogP contribution in [0.3, 0.4) is 0 Å². The molecule has 148 valence electrons. The van der Waals surface area contributed by atoms with Gasteiger partial charge in [-0.1, -0.05) is 24.1 Å². The van der Waals surface area contributed by atoms with Gasteiger partial charge in [-0.3, -0.25) is 14.5 Å². The molecular weight excluding hydrogens is 393 g/mol. The third-order valence-corrected chi connectivity index (χ3v) is 4.91. The van der Waals surface area contributed by atoms with Crippen LogP contribution in [-0.2, 0) is 11.3 Å². The Balaban J connectivity index is 1.80. The average Bonchev–Trinajstić information content (AvgIpc) is 2.96. The number of hydrogen-bond donors (Lipinski definition) is 0. The van der Waals surface area contributed by atoms with Crippen molar-refractivity contribution in [2.24, 2.45) is 0 Å². The van der Waals surface area contributed by atoms with E-state index in [1.54, 1.807) is 36.4 Å². The Hall–Kier alpha value is -3.24. The molecule has 1 saturated heterocycles. The van der Waals surface area contributed by atoms with E-state index in [4.69, 9.17) is 15.9 Å². The Bertz CT molecular complexity index is 995. The van der Waals surface area contributed by atoms with Gasteiger partial charge in [0.05, 0.1) is 18.1 Å². The number of rotatable bonds is 7. The Morgan fingerprint density at radius 3 is 2.59 bits per heavy atom. The van der Waals surface area contributed by atoms with Gasteiger partial charge in [-0.2, -0.15) is 0 Å². The highest BCUT2D eigenvalue weighted by Gasteiger charge is 2.35. The van der Waals surface area contributed by atoms with Gasteiger partial charge in [0.1, 0.15) is 12.4 Å². The maximum atomic E-state index is 13.1. The molecule has 5 nitrogen and oxygen atoms in total. The van der Waals surface area contributed by atoms with Gasteiger partial charge in [0.25, 0.3) is 11.1 Å². The lowest BCUT2D eigenvalue weighted by Crippen LogP contribution is -2.27. The molecule has 0 saturated carbocycles. The maximum absolute atomic E-state index is 13.1. The standard InChI is InChI=1S/C22H18FNO4S/c1-3-11-28-18-10-7-16(12-19(18)27-4-2)13-20-21(25)24(22(26)29-20)14-15-5-8-17(23)9-6-15/h1,5-10,12-13H,4,11,14H2,2H3/b20-13+. The summed E-state index contributed by atoms with van der Waals surface area (Å²) in [7, 11) is 0. The van der Waals surface area contributed by atoms with Crippen molar-refractivity contribution < 1.29 is 23.5 Å². The number of terminal acetylenes is 1. The van der Waals surface area contributed by atoms with Gasteiger partial charge >= 0.3 is 0 Å².